The second-order valence-corrected chi connectivity index (χ2v) is 9.81. The van der Waals surface area contributed by atoms with Crippen molar-refractivity contribution >= 4 is 30.0 Å². The van der Waals surface area contributed by atoms with Crippen molar-refractivity contribution in [3.63, 3.8) is 0 Å². The SMILES string of the molecule is C=C(C)C(=O)OCCCC.C=C(CC=CC(=O)O)C(=O)OCCCO.C=CC(=O)OC(CC)CCCCC.C=Cc1ccccc1. The summed E-state index contributed by atoms with van der Waals surface area (Å²) in [6.07, 6.45) is 13.3. The Morgan fingerprint density at radius 3 is 1.91 bits per heavy atom. The molecule has 0 spiro atoms. The molecule has 0 saturated carbocycles. The molecule has 258 valence electrons. The van der Waals surface area contributed by atoms with E-state index >= 15 is 0 Å². The largest absolute Gasteiger partial charge is 0.478 e. The van der Waals surface area contributed by atoms with Gasteiger partial charge in [0.15, 0.2) is 0 Å². The van der Waals surface area contributed by atoms with Crippen LogP contribution < -0.4 is 0 Å². The van der Waals surface area contributed by atoms with Crippen LogP contribution in [-0.2, 0) is 33.4 Å². The van der Waals surface area contributed by atoms with Crippen molar-refractivity contribution in [3.05, 3.63) is 91.6 Å². The summed E-state index contributed by atoms with van der Waals surface area (Å²) in [4.78, 5) is 42.8. The summed E-state index contributed by atoms with van der Waals surface area (Å²) in [5, 5.41) is 16.7. The molecule has 9 heteroatoms. The van der Waals surface area contributed by atoms with Crippen molar-refractivity contribution in [2.24, 2.45) is 0 Å². The van der Waals surface area contributed by atoms with Crippen LogP contribution in [-0.4, -0.2) is 60.0 Å². The van der Waals surface area contributed by atoms with Gasteiger partial charge in [0, 0.05) is 36.3 Å². The first-order valence-electron chi connectivity index (χ1n) is 15.6. The Kier molecular flexibility index (Phi) is 33.8. The van der Waals surface area contributed by atoms with Crippen molar-refractivity contribution in [1.29, 1.82) is 0 Å². The molecule has 0 aliphatic carbocycles. The van der Waals surface area contributed by atoms with Gasteiger partial charge in [-0.3, -0.25) is 0 Å². The number of rotatable bonds is 19. The highest BCUT2D eigenvalue weighted by atomic mass is 16.5. The molecule has 2 N–H and O–H groups in total. The lowest BCUT2D eigenvalue weighted by Crippen LogP contribution is -2.15. The Balaban J connectivity index is -0.000000549. The van der Waals surface area contributed by atoms with E-state index < -0.39 is 11.9 Å². The first kappa shape index (κ1) is 46.2. The number of hydrogen-bond acceptors (Lipinski definition) is 8. The topological polar surface area (TPSA) is 136 Å². The maximum absolute atomic E-state index is 11.1. The van der Waals surface area contributed by atoms with E-state index in [-0.39, 0.29) is 43.3 Å². The van der Waals surface area contributed by atoms with E-state index in [9.17, 15) is 19.2 Å². The molecule has 0 aromatic heterocycles. The summed E-state index contributed by atoms with van der Waals surface area (Å²) in [5.74, 6) is -2.23. The van der Waals surface area contributed by atoms with Crippen molar-refractivity contribution in [2.75, 3.05) is 19.8 Å². The van der Waals surface area contributed by atoms with Crippen LogP contribution in [0.3, 0.4) is 0 Å². The second kappa shape index (κ2) is 33.6. The molecular formula is C37H56O9. The number of ether oxygens (including phenoxy) is 3. The third kappa shape index (κ3) is 32.7. The van der Waals surface area contributed by atoms with Crippen molar-refractivity contribution in [3.8, 4) is 0 Å². The number of aliphatic hydroxyl groups is 1. The minimum absolute atomic E-state index is 0.0430. The third-order valence-corrected chi connectivity index (χ3v) is 5.60. The number of hydrogen-bond donors (Lipinski definition) is 2. The zero-order valence-electron chi connectivity index (χ0n) is 28.3. The molecule has 9 nitrogen and oxygen atoms in total. The molecule has 0 fully saturated rings. The number of carboxylic acid groups (broad SMARTS) is 1. The van der Waals surface area contributed by atoms with E-state index in [1.165, 1.54) is 30.6 Å². The molecule has 0 aliphatic heterocycles. The van der Waals surface area contributed by atoms with Crippen LogP contribution >= 0.6 is 0 Å². The first-order valence-corrected chi connectivity index (χ1v) is 15.6. The van der Waals surface area contributed by atoms with Crippen LogP contribution in [0, 0.1) is 0 Å². The Bertz CT molecular complexity index is 1040. The Morgan fingerprint density at radius 1 is 0.870 bits per heavy atom. The van der Waals surface area contributed by atoms with Crippen LogP contribution in [0.2, 0.25) is 0 Å². The monoisotopic (exact) mass is 644 g/mol. The molecule has 0 heterocycles. The lowest BCUT2D eigenvalue weighted by Gasteiger charge is -2.14. The van der Waals surface area contributed by atoms with Crippen LogP contribution in [0.15, 0.2) is 86.0 Å². The van der Waals surface area contributed by atoms with Gasteiger partial charge < -0.3 is 24.4 Å². The summed E-state index contributed by atoms with van der Waals surface area (Å²) >= 11 is 0. The zero-order chi connectivity index (χ0) is 35.6. The van der Waals surface area contributed by atoms with E-state index in [0.29, 0.717) is 18.6 Å². The van der Waals surface area contributed by atoms with E-state index in [1.54, 1.807) is 6.92 Å². The summed E-state index contributed by atoms with van der Waals surface area (Å²) < 4.78 is 14.7. The summed E-state index contributed by atoms with van der Waals surface area (Å²) in [5.41, 5.74) is 1.83. The van der Waals surface area contributed by atoms with Gasteiger partial charge in [0.2, 0.25) is 0 Å². The molecule has 0 radical (unpaired) electrons. The number of unbranched alkanes of at least 4 members (excludes halogenated alkanes) is 3. The van der Waals surface area contributed by atoms with E-state index in [1.807, 2.05) is 43.3 Å². The van der Waals surface area contributed by atoms with E-state index in [4.69, 9.17) is 24.4 Å². The number of esters is 3. The van der Waals surface area contributed by atoms with Crippen molar-refractivity contribution in [2.45, 2.75) is 91.6 Å². The normalized spacial score (nSPS) is 10.2. The van der Waals surface area contributed by atoms with Crippen molar-refractivity contribution < 1.29 is 43.6 Å². The highest BCUT2D eigenvalue weighted by Gasteiger charge is 2.09. The molecule has 1 atom stereocenters. The van der Waals surface area contributed by atoms with Gasteiger partial charge in [0.1, 0.15) is 6.10 Å². The van der Waals surface area contributed by atoms with Crippen LogP contribution in [0.1, 0.15) is 91.0 Å². The Hall–Kier alpha value is -4.24. The van der Waals surface area contributed by atoms with E-state index in [0.717, 1.165) is 38.2 Å². The fourth-order valence-electron chi connectivity index (χ4n) is 2.92. The fourth-order valence-corrected chi connectivity index (χ4v) is 2.92. The second-order valence-electron chi connectivity index (χ2n) is 9.81. The predicted octanol–water partition coefficient (Wildman–Crippen LogP) is 7.81. The van der Waals surface area contributed by atoms with Gasteiger partial charge in [0.05, 0.1) is 13.2 Å². The maximum atomic E-state index is 11.1. The highest BCUT2D eigenvalue weighted by molar-refractivity contribution is 5.88. The van der Waals surface area contributed by atoms with Gasteiger partial charge in [-0.1, -0.05) is 109 Å². The molecule has 46 heavy (non-hydrogen) atoms. The smallest absolute Gasteiger partial charge is 0.333 e. The summed E-state index contributed by atoms with van der Waals surface area (Å²) in [7, 11) is 0. The summed E-state index contributed by atoms with van der Waals surface area (Å²) in [6, 6.07) is 10.0. The van der Waals surface area contributed by atoms with Gasteiger partial charge >= 0.3 is 23.9 Å². The molecule has 0 bridgehead atoms. The number of aliphatic hydroxyl groups excluding tert-OH is 1. The number of aliphatic carboxylic acids is 1. The van der Waals surface area contributed by atoms with Crippen LogP contribution in [0.5, 0.6) is 0 Å². The third-order valence-electron chi connectivity index (χ3n) is 5.60. The minimum atomic E-state index is -1.07. The van der Waals surface area contributed by atoms with Crippen LogP contribution in [0.4, 0.5) is 0 Å². The summed E-state index contributed by atoms with van der Waals surface area (Å²) in [6.45, 7) is 22.4. The van der Waals surface area contributed by atoms with Gasteiger partial charge in [0.25, 0.3) is 0 Å². The first-order chi connectivity index (χ1) is 21.9. The molecule has 0 saturated heterocycles. The van der Waals surface area contributed by atoms with Gasteiger partial charge in [-0.15, -0.1) is 0 Å². The average Bonchev–Trinajstić information content (AvgIpc) is 3.05. The fraction of sp³-hybridized carbons (Fsp3) is 0.459. The molecule has 1 unspecified atom stereocenters. The Morgan fingerprint density at radius 2 is 1.46 bits per heavy atom. The minimum Gasteiger partial charge on any atom is -0.478 e. The maximum Gasteiger partial charge on any atom is 0.333 e. The number of carbonyl (C=O) groups is 4. The number of carboxylic acids is 1. The lowest BCUT2D eigenvalue weighted by molar-refractivity contribution is -0.143. The number of allylic oxidation sites excluding steroid dienone is 1. The van der Waals surface area contributed by atoms with Crippen molar-refractivity contribution in [1.82, 2.24) is 0 Å². The molecule has 0 amide bonds. The zero-order valence-corrected chi connectivity index (χ0v) is 28.3. The average molecular weight is 645 g/mol. The standard InChI is InChI=1S/C11H20O2.C10H14O5.C8H14O2.C8H8/c1-4-7-8-9-10(5-2)13-11(12)6-3;1-8(4-2-5-9(12)13)10(14)15-7-3-6-11;1-4-5-6-10-8(9)7(2)3;1-2-8-6-4-3-5-7-8/h6,10H,3-5,7-9H2,1-2H3;2,5,11H,1,3-4,6-7H2,(H,12,13);2,4-6H2,1,3H3;2-7H,1H2. The lowest BCUT2D eigenvalue weighted by atomic mass is 10.1. The molecular weight excluding hydrogens is 588 g/mol. The molecule has 1 rings (SSSR count). The number of benzene rings is 1. The molecule has 1 aromatic carbocycles. The van der Waals surface area contributed by atoms with Gasteiger partial charge in [-0.2, -0.15) is 0 Å². The predicted molar refractivity (Wildman–Crippen MR) is 185 cm³/mol. The van der Waals surface area contributed by atoms with E-state index in [2.05, 4.69) is 40.2 Å². The highest BCUT2D eigenvalue weighted by Crippen LogP contribution is 2.10. The van der Waals surface area contributed by atoms with Gasteiger partial charge in [-0.05, 0) is 44.6 Å². The molecule has 0 aliphatic rings. The quantitative estimate of drug-likeness (QED) is 0.0669. The molecule has 1 aromatic rings. The Labute approximate surface area is 276 Å². The van der Waals surface area contributed by atoms with Crippen LogP contribution in [0.25, 0.3) is 6.08 Å². The number of carbonyl (C=O) groups excluding carboxylic acids is 3. The van der Waals surface area contributed by atoms with Gasteiger partial charge in [-0.25, -0.2) is 19.2 Å².